The van der Waals surface area contributed by atoms with E-state index in [0.29, 0.717) is 6.61 Å². The van der Waals surface area contributed by atoms with Gasteiger partial charge in [0.05, 0.1) is 0 Å². The lowest BCUT2D eigenvalue weighted by Crippen LogP contribution is -2.42. The van der Waals surface area contributed by atoms with Crippen molar-refractivity contribution >= 4 is 5.90 Å². The lowest BCUT2D eigenvalue weighted by molar-refractivity contribution is -0.0123. The van der Waals surface area contributed by atoms with Gasteiger partial charge in [-0.1, -0.05) is 18.0 Å². The molecule has 0 aromatic heterocycles. The van der Waals surface area contributed by atoms with E-state index in [1.165, 1.54) is 64.7 Å². The van der Waals surface area contributed by atoms with Crippen LogP contribution >= 0.6 is 0 Å². The summed E-state index contributed by atoms with van der Waals surface area (Å²) >= 11 is 0. The van der Waals surface area contributed by atoms with Crippen molar-refractivity contribution in [1.29, 1.82) is 0 Å². The monoisotopic (exact) mass is 295 g/mol. The van der Waals surface area contributed by atoms with Gasteiger partial charge in [-0.3, -0.25) is 4.90 Å². The fourth-order valence-electron chi connectivity index (χ4n) is 3.50. The minimum Gasteiger partial charge on any atom is -0.470 e. The van der Waals surface area contributed by atoms with E-state index in [-0.39, 0.29) is 6.10 Å². The number of ether oxygens (including phenoxy) is 1. The summed E-state index contributed by atoms with van der Waals surface area (Å²) in [7, 11) is 0. The predicted octanol–water partition coefficient (Wildman–Crippen LogP) is 2.08. The van der Waals surface area contributed by atoms with Crippen LogP contribution in [0.15, 0.2) is 5.16 Å². The predicted molar refractivity (Wildman–Crippen MR) is 83.5 cm³/mol. The summed E-state index contributed by atoms with van der Waals surface area (Å²) in [5, 5.41) is 4.11. The number of hydrogen-bond donors (Lipinski definition) is 0. The van der Waals surface area contributed by atoms with Gasteiger partial charge in [0, 0.05) is 19.5 Å². The summed E-state index contributed by atoms with van der Waals surface area (Å²) in [4.78, 5) is 10.4. The van der Waals surface area contributed by atoms with Crippen LogP contribution in [0.3, 0.4) is 0 Å². The quantitative estimate of drug-likeness (QED) is 0.778. The number of hydrogen-bond acceptors (Lipinski definition) is 5. The average molecular weight is 295 g/mol. The first-order chi connectivity index (χ1) is 10.4. The molecule has 0 saturated carbocycles. The molecule has 21 heavy (non-hydrogen) atoms. The molecule has 0 spiro atoms. The number of rotatable bonds is 5. The van der Waals surface area contributed by atoms with Crippen LogP contribution in [0, 0.1) is 0 Å². The van der Waals surface area contributed by atoms with E-state index >= 15 is 0 Å². The minimum absolute atomic E-state index is 0.164. The van der Waals surface area contributed by atoms with Crippen molar-refractivity contribution in [3.8, 4) is 0 Å². The standard InChI is InChI=1S/C16H29N3O2/c1-3-8-18(9-4-1)12-7-16-17-20-14-15(21-16)13-19-10-5-2-6-11-19/h15H,1-14H2. The van der Waals surface area contributed by atoms with Crippen molar-refractivity contribution in [2.45, 2.75) is 51.0 Å². The van der Waals surface area contributed by atoms with E-state index in [4.69, 9.17) is 9.57 Å². The van der Waals surface area contributed by atoms with Crippen LogP contribution in [0.4, 0.5) is 0 Å². The first kappa shape index (κ1) is 15.1. The molecule has 0 bridgehead atoms. The van der Waals surface area contributed by atoms with Gasteiger partial charge in [-0.25, -0.2) is 0 Å². The van der Waals surface area contributed by atoms with Gasteiger partial charge in [0.2, 0.25) is 5.90 Å². The van der Waals surface area contributed by atoms with E-state index in [1.807, 2.05) is 0 Å². The molecule has 0 aliphatic carbocycles. The molecule has 0 aromatic carbocycles. The maximum atomic E-state index is 6.04. The largest absolute Gasteiger partial charge is 0.470 e. The Morgan fingerprint density at radius 3 is 2.29 bits per heavy atom. The van der Waals surface area contributed by atoms with Gasteiger partial charge in [0.1, 0.15) is 6.10 Å². The Labute approximate surface area is 128 Å². The molecular formula is C16H29N3O2. The summed E-state index contributed by atoms with van der Waals surface area (Å²) in [6.45, 7) is 7.52. The number of oxime groups is 1. The Hall–Kier alpha value is -0.810. The second kappa shape index (κ2) is 7.99. The first-order valence-corrected chi connectivity index (χ1v) is 8.70. The average Bonchev–Trinajstić information content (AvgIpc) is 2.55. The van der Waals surface area contributed by atoms with Crippen molar-refractivity contribution in [3.05, 3.63) is 0 Å². The molecule has 5 nitrogen and oxygen atoms in total. The SMILES string of the molecule is C1CCN(CCC2=NOCC(CN3CCCCC3)O2)CC1. The molecule has 120 valence electrons. The van der Waals surface area contributed by atoms with Gasteiger partial charge in [-0.2, -0.15) is 0 Å². The molecule has 2 saturated heterocycles. The Morgan fingerprint density at radius 1 is 0.905 bits per heavy atom. The van der Waals surface area contributed by atoms with Crippen LogP contribution in [0.2, 0.25) is 0 Å². The van der Waals surface area contributed by atoms with E-state index in [0.717, 1.165) is 25.4 Å². The second-order valence-corrected chi connectivity index (χ2v) is 6.53. The van der Waals surface area contributed by atoms with Crippen LogP contribution in [0.25, 0.3) is 0 Å². The molecule has 3 rings (SSSR count). The minimum atomic E-state index is 0.164. The Bertz CT molecular complexity index is 336. The van der Waals surface area contributed by atoms with Crippen molar-refractivity contribution in [3.63, 3.8) is 0 Å². The lowest BCUT2D eigenvalue weighted by Gasteiger charge is -2.32. The molecule has 3 heterocycles. The smallest absolute Gasteiger partial charge is 0.227 e. The Kier molecular flexibility index (Phi) is 5.75. The van der Waals surface area contributed by atoms with E-state index in [9.17, 15) is 0 Å². The highest BCUT2D eigenvalue weighted by atomic mass is 16.7. The molecule has 3 aliphatic heterocycles. The second-order valence-electron chi connectivity index (χ2n) is 6.53. The molecule has 1 atom stereocenters. The molecule has 0 amide bonds. The zero-order valence-corrected chi connectivity index (χ0v) is 13.1. The van der Waals surface area contributed by atoms with E-state index in [2.05, 4.69) is 15.0 Å². The molecular weight excluding hydrogens is 266 g/mol. The van der Waals surface area contributed by atoms with Crippen molar-refractivity contribution in [2.24, 2.45) is 5.16 Å². The van der Waals surface area contributed by atoms with Crippen LogP contribution in [-0.2, 0) is 9.57 Å². The summed E-state index contributed by atoms with van der Waals surface area (Å²) in [5.74, 6) is 0.800. The zero-order valence-electron chi connectivity index (χ0n) is 13.1. The highest BCUT2D eigenvalue weighted by Gasteiger charge is 2.23. The third-order valence-corrected chi connectivity index (χ3v) is 4.73. The first-order valence-electron chi connectivity index (χ1n) is 8.70. The Balaban J connectivity index is 1.38. The molecule has 0 aromatic rings. The van der Waals surface area contributed by atoms with Crippen LogP contribution in [0.5, 0.6) is 0 Å². The normalized spacial score (nSPS) is 28.6. The summed E-state index contributed by atoms with van der Waals surface area (Å²) in [5.41, 5.74) is 0. The molecule has 3 aliphatic rings. The number of piperidine rings is 2. The molecule has 0 radical (unpaired) electrons. The summed E-state index contributed by atoms with van der Waals surface area (Å²) in [6.07, 6.45) is 9.12. The van der Waals surface area contributed by atoms with Gasteiger partial charge in [-0.05, 0) is 51.9 Å². The highest BCUT2D eigenvalue weighted by Crippen LogP contribution is 2.14. The molecule has 0 N–H and O–H groups in total. The van der Waals surface area contributed by atoms with Crippen LogP contribution in [0.1, 0.15) is 44.9 Å². The zero-order chi connectivity index (χ0) is 14.3. The third kappa shape index (κ3) is 4.85. The number of nitrogens with zero attached hydrogens (tertiary/aromatic N) is 3. The van der Waals surface area contributed by atoms with Crippen LogP contribution in [-0.4, -0.2) is 67.7 Å². The topological polar surface area (TPSA) is 37.3 Å². The maximum absolute atomic E-state index is 6.04. The highest BCUT2D eigenvalue weighted by molar-refractivity contribution is 5.76. The lowest BCUT2D eigenvalue weighted by atomic mass is 10.1. The maximum Gasteiger partial charge on any atom is 0.227 e. The fourth-order valence-corrected chi connectivity index (χ4v) is 3.50. The van der Waals surface area contributed by atoms with E-state index in [1.54, 1.807) is 0 Å². The van der Waals surface area contributed by atoms with Gasteiger partial charge in [-0.15, -0.1) is 0 Å². The third-order valence-electron chi connectivity index (χ3n) is 4.73. The van der Waals surface area contributed by atoms with Gasteiger partial charge >= 0.3 is 0 Å². The van der Waals surface area contributed by atoms with Gasteiger partial charge in [0.15, 0.2) is 6.61 Å². The van der Waals surface area contributed by atoms with Crippen LogP contribution < -0.4 is 0 Å². The van der Waals surface area contributed by atoms with Gasteiger partial charge in [0.25, 0.3) is 0 Å². The van der Waals surface area contributed by atoms with Crippen molar-refractivity contribution in [1.82, 2.24) is 9.80 Å². The van der Waals surface area contributed by atoms with Gasteiger partial charge < -0.3 is 14.5 Å². The number of likely N-dealkylation sites (tertiary alicyclic amines) is 2. The summed E-state index contributed by atoms with van der Waals surface area (Å²) < 4.78 is 6.04. The molecule has 1 unspecified atom stereocenters. The summed E-state index contributed by atoms with van der Waals surface area (Å²) in [6, 6.07) is 0. The molecule has 2 fully saturated rings. The van der Waals surface area contributed by atoms with Crippen molar-refractivity contribution < 1.29 is 9.57 Å². The Morgan fingerprint density at radius 2 is 1.57 bits per heavy atom. The van der Waals surface area contributed by atoms with E-state index < -0.39 is 0 Å². The van der Waals surface area contributed by atoms with Crippen molar-refractivity contribution in [2.75, 3.05) is 45.9 Å². The fraction of sp³-hybridized carbons (Fsp3) is 0.938. The molecule has 5 heteroatoms.